The summed E-state index contributed by atoms with van der Waals surface area (Å²) in [6.45, 7) is 1.70. The maximum absolute atomic E-state index is 7.92. The van der Waals surface area contributed by atoms with Gasteiger partial charge in [-0.05, 0) is 6.42 Å². The van der Waals surface area contributed by atoms with Crippen LogP contribution in [0, 0.1) is 0 Å². The second-order valence-corrected chi connectivity index (χ2v) is 1.03. The Balaban J connectivity index is 0. The molecule has 0 aromatic rings. The summed E-state index contributed by atoms with van der Waals surface area (Å²) >= 11 is 0. The first-order valence-corrected chi connectivity index (χ1v) is 2.26. The summed E-state index contributed by atoms with van der Waals surface area (Å²) in [7, 11) is -0.750. The lowest BCUT2D eigenvalue weighted by atomic mass is 10.5. The highest BCUT2D eigenvalue weighted by Crippen LogP contribution is 1.77. The molecule has 0 fully saturated rings. The van der Waals surface area contributed by atoms with Crippen molar-refractivity contribution in [3.05, 3.63) is 0 Å². The maximum atomic E-state index is 7.92. The van der Waals surface area contributed by atoms with Crippen LogP contribution in [0.4, 0.5) is 0 Å². The zero-order valence-electron chi connectivity index (χ0n) is 4.78. The van der Waals surface area contributed by atoms with E-state index < -0.39 is 14.0 Å². The summed E-state index contributed by atoms with van der Waals surface area (Å²) in [5.74, 6) is 0. The van der Waals surface area contributed by atoms with Crippen LogP contribution in [0.15, 0.2) is 0 Å². The Kier molecular flexibility index (Phi) is 13.5. The Morgan fingerprint density at radius 1 is 1.38 bits per heavy atom. The number of aliphatic hydroxyl groups is 2. The molecule has 0 aliphatic heterocycles. The van der Waals surface area contributed by atoms with Crippen molar-refractivity contribution in [3.8, 4) is 0 Å². The summed E-state index contributed by atoms with van der Waals surface area (Å²) in [6.07, 6.45) is -0.699. The van der Waals surface area contributed by atoms with E-state index in [9.17, 15) is 0 Å². The van der Waals surface area contributed by atoms with Gasteiger partial charge in [-0.25, -0.2) is 0 Å². The minimum atomic E-state index is -1.12. The normalized spacial score (nSPS) is 7.75. The van der Waals surface area contributed by atoms with Crippen LogP contribution in [-0.2, 0) is 0 Å². The van der Waals surface area contributed by atoms with Gasteiger partial charge in [0.25, 0.3) is 0 Å². The average Bonchev–Trinajstić information content (AvgIpc) is 1.69. The Morgan fingerprint density at radius 3 is 1.50 bits per heavy atom. The lowest BCUT2D eigenvalue weighted by Crippen LogP contribution is -1.99. The molecular weight excluding hydrogens is 111 g/mol. The first-order valence-electron chi connectivity index (χ1n) is 2.26. The van der Waals surface area contributed by atoms with E-state index >= 15 is 0 Å². The maximum Gasteiger partial charge on any atom is 0.432 e. The second-order valence-electron chi connectivity index (χ2n) is 1.03. The van der Waals surface area contributed by atoms with Crippen molar-refractivity contribution in [1.29, 1.82) is 0 Å². The molecule has 0 bridgehead atoms. The average molecular weight is 122 g/mol. The molecule has 0 aromatic heterocycles. The molecule has 0 atom stereocenters. The Hall–Kier alpha value is -0.0951. The molecule has 5 heteroatoms. The fraction of sp³-hybridized carbons (Fsp3) is 1.00. The molecule has 8 heavy (non-hydrogen) atoms. The van der Waals surface area contributed by atoms with Crippen molar-refractivity contribution in [2.24, 2.45) is 0 Å². The summed E-state index contributed by atoms with van der Waals surface area (Å²) in [4.78, 5) is 0. The van der Waals surface area contributed by atoms with Gasteiger partial charge >= 0.3 is 7.69 Å². The molecule has 0 aliphatic rings. The van der Waals surface area contributed by atoms with Crippen molar-refractivity contribution in [2.45, 2.75) is 19.6 Å². The van der Waals surface area contributed by atoms with Gasteiger partial charge in [0.05, 0.1) is 0 Å². The van der Waals surface area contributed by atoms with E-state index in [-0.39, 0.29) is 0 Å². The number of hydrogen-bond donors (Lipinski definition) is 4. The predicted molar refractivity (Wildman–Crippen MR) is 30.1 cm³/mol. The van der Waals surface area contributed by atoms with Crippen LogP contribution in [0.25, 0.3) is 0 Å². The first-order chi connectivity index (χ1) is 3.68. The molecule has 4 nitrogen and oxygen atoms in total. The summed E-state index contributed by atoms with van der Waals surface area (Å²) in [5, 5.41) is 30.1. The van der Waals surface area contributed by atoms with E-state index in [1.54, 1.807) is 6.92 Å². The van der Waals surface area contributed by atoms with Gasteiger partial charge in [0.15, 0.2) is 6.29 Å². The number of aliphatic hydroxyl groups excluding tert-OH is 1. The highest BCUT2D eigenvalue weighted by molar-refractivity contribution is 6.13. The minimum Gasteiger partial charge on any atom is -0.430 e. The van der Waals surface area contributed by atoms with Crippen LogP contribution in [-0.4, -0.2) is 34.2 Å². The van der Waals surface area contributed by atoms with E-state index in [4.69, 9.17) is 20.3 Å². The second kappa shape index (κ2) is 10.0. The molecule has 0 aliphatic carbocycles. The molecule has 0 saturated carbocycles. The topological polar surface area (TPSA) is 80.9 Å². The molecule has 4 N–H and O–H groups in total. The Labute approximate surface area is 48.7 Å². The predicted octanol–water partition coefficient (Wildman–Crippen LogP) is -2.06. The summed E-state index contributed by atoms with van der Waals surface area (Å²) in [5.41, 5.74) is 0. The van der Waals surface area contributed by atoms with Crippen LogP contribution < -0.4 is 0 Å². The van der Waals surface area contributed by atoms with Crippen LogP contribution in [0.2, 0.25) is 0 Å². The van der Waals surface area contributed by atoms with Crippen LogP contribution >= 0.6 is 0 Å². The zero-order chi connectivity index (χ0) is 6.99. The monoisotopic (exact) mass is 122 g/mol. The van der Waals surface area contributed by atoms with Gasteiger partial charge in [-0.1, -0.05) is 6.92 Å². The summed E-state index contributed by atoms with van der Waals surface area (Å²) in [6, 6.07) is 0. The van der Waals surface area contributed by atoms with E-state index in [2.05, 4.69) is 0 Å². The molecule has 0 heterocycles. The van der Waals surface area contributed by atoms with Gasteiger partial charge in [-0.2, -0.15) is 0 Å². The van der Waals surface area contributed by atoms with Crippen LogP contribution in [0.5, 0.6) is 0 Å². The molecule has 0 rings (SSSR count). The lowest BCUT2D eigenvalue weighted by Gasteiger charge is -1.90. The number of hydrogen-bond acceptors (Lipinski definition) is 4. The third-order valence-corrected chi connectivity index (χ3v) is 0.365. The van der Waals surface area contributed by atoms with Gasteiger partial charge in [-0.15, -0.1) is 0 Å². The minimum absolute atomic E-state index is 0.417. The van der Waals surface area contributed by atoms with Gasteiger partial charge in [-0.3, -0.25) is 0 Å². The van der Waals surface area contributed by atoms with E-state index in [1.165, 1.54) is 0 Å². The first kappa shape index (κ1) is 10.8. The van der Waals surface area contributed by atoms with Crippen molar-refractivity contribution in [2.75, 3.05) is 0 Å². The Bertz CT molecular complexity index is 32.5. The van der Waals surface area contributed by atoms with Crippen molar-refractivity contribution in [1.82, 2.24) is 0 Å². The quantitative estimate of drug-likeness (QED) is 0.238. The molecule has 0 saturated heterocycles. The van der Waals surface area contributed by atoms with Crippen LogP contribution in [0.1, 0.15) is 13.3 Å². The highest BCUT2D eigenvalue weighted by Gasteiger charge is 1.83. The lowest BCUT2D eigenvalue weighted by molar-refractivity contribution is -0.0413. The van der Waals surface area contributed by atoms with Crippen molar-refractivity contribution >= 4 is 7.69 Å². The molecule has 0 amide bonds. The van der Waals surface area contributed by atoms with Gasteiger partial charge in [0.2, 0.25) is 0 Å². The molecule has 0 radical (unpaired) electrons. The molecular formula is C3H11BO4. The molecule has 0 spiro atoms. The number of rotatable bonds is 1. The standard InChI is InChI=1S/C3H8O2.BH3O2/c1-2-3(4)5;2-1-3/h3-5H,2H2,1H3;1-3H. The molecule has 0 aromatic carbocycles. The fourth-order valence-corrected chi connectivity index (χ4v) is 0. The smallest absolute Gasteiger partial charge is 0.430 e. The van der Waals surface area contributed by atoms with Crippen LogP contribution in [0.3, 0.4) is 0 Å². The largest absolute Gasteiger partial charge is 0.432 e. The fourth-order valence-electron chi connectivity index (χ4n) is 0. The third-order valence-electron chi connectivity index (χ3n) is 0.365. The summed E-state index contributed by atoms with van der Waals surface area (Å²) < 4.78 is 0. The SMILES string of the molecule is CCC(O)O.OBO. The van der Waals surface area contributed by atoms with Crippen molar-refractivity contribution in [3.63, 3.8) is 0 Å². The van der Waals surface area contributed by atoms with Gasteiger partial charge < -0.3 is 20.3 Å². The van der Waals surface area contributed by atoms with E-state index in [1.807, 2.05) is 0 Å². The van der Waals surface area contributed by atoms with Gasteiger partial charge in [0, 0.05) is 0 Å². The molecule has 50 valence electrons. The Morgan fingerprint density at radius 2 is 1.50 bits per heavy atom. The molecule has 0 unspecified atom stereocenters. The van der Waals surface area contributed by atoms with E-state index in [0.29, 0.717) is 6.42 Å². The van der Waals surface area contributed by atoms with Gasteiger partial charge in [0.1, 0.15) is 0 Å². The zero-order valence-corrected chi connectivity index (χ0v) is 4.78. The highest BCUT2D eigenvalue weighted by atomic mass is 16.5. The van der Waals surface area contributed by atoms with E-state index in [0.717, 1.165) is 0 Å². The third kappa shape index (κ3) is 39.1. The van der Waals surface area contributed by atoms with Crippen molar-refractivity contribution < 1.29 is 20.3 Å².